The number of piperidine rings is 1. The van der Waals surface area contributed by atoms with Crippen LogP contribution in [-0.2, 0) is 0 Å². The quantitative estimate of drug-likeness (QED) is 0.911. The zero-order valence-corrected chi connectivity index (χ0v) is 13.7. The van der Waals surface area contributed by atoms with Crippen LogP contribution < -0.4 is 5.32 Å². The second-order valence-electron chi connectivity index (χ2n) is 6.50. The molecule has 1 unspecified atom stereocenters. The van der Waals surface area contributed by atoms with Crippen LogP contribution in [0.4, 0.5) is 0 Å². The molecule has 1 amide bonds. The highest BCUT2D eigenvalue weighted by atomic mass is 32.1. The predicted octanol–water partition coefficient (Wildman–Crippen LogP) is 2.94. The monoisotopic (exact) mass is 328 g/mol. The van der Waals surface area contributed by atoms with Gasteiger partial charge in [-0.25, -0.2) is 0 Å². The van der Waals surface area contributed by atoms with Gasteiger partial charge in [-0.05, 0) is 49.6 Å². The maximum atomic E-state index is 12.5. The highest BCUT2D eigenvalue weighted by Crippen LogP contribution is 2.34. The van der Waals surface area contributed by atoms with Gasteiger partial charge in [-0.2, -0.15) is 0 Å². The van der Waals surface area contributed by atoms with Crippen LogP contribution in [-0.4, -0.2) is 41.6 Å². The average molecular weight is 328 g/mol. The summed E-state index contributed by atoms with van der Waals surface area (Å²) in [4.78, 5) is 16.6. The zero-order valence-electron chi connectivity index (χ0n) is 12.9. The highest BCUT2D eigenvalue weighted by Gasteiger charge is 2.33. The molecule has 0 radical (unpaired) electrons. The van der Waals surface area contributed by atoms with Crippen molar-refractivity contribution in [3.05, 3.63) is 41.3 Å². The van der Waals surface area contributed by atoms with Gasteiger partial charge in [0.15, 0.2) is 0 Å². The Morgan fingerprint density at radius 3 is 2.91 bits per heavy atom. The third-order valence-electron chi connectivity index (χ3n) is 4.80. The van der Waals surface area contributed by atoms with Crippen LogP contribution >= 0.6 is 11.3 Å². The maximum Gasteiger partial charge on any atom is 0.261 e. The SMILES string of the molecule is O=C(N[C@H]1C[C@H]2CCN(C2)C1)c1ccc(-c2ccccc2O)s1. The van der Waals surface area contributed by atoms with E-state index in [1.54, 1.807) is 12.1 Å². The van der Waals surface area contributed by atoms with E-state index in [1.807, 2.05) is 24.3 Å². The fourth-order valence-electron chi connectivity index (χ4n) is 3.71. The van der Waals surface area contributed by atoms with Gasteiger partial charge in [-0.15, -0.1) is 11.3 Å². The molecule has 5 heteroatoms. The first-order valence-electron chi connectivity index (χ1n) is 8.10. The molecule has 2 aliphatic rings. The number of thiophene rings is 1. The number of aromatic hydroxyl groups is 1. The largest absolute Gasteiger partial charge is 0.507 e. The molecule has 1 aromatic carbocycles. The van der Waals surface area contributed by atoms with E-state index in [0.717, 1.165) is 29.3 Å². The smallest absolute Gasteiger partial charge is 0.261 e. The van der Waals surface area contributed by atoms with Crippen LogP contribution in [0.2, 0.25) is 0 Å². The number of carbonyl (C=O) groups is 1. The van der Waals surface area contributed by atoms with Crippen LogP contribution in [0, 0.1) is 5.92 Å². The summed E-state index contributed by atoms with van der Waals surface area (Å²) in [6.45, 7) is 3.34. The lowest BCUT2D eigenvalue weighted by atomic mass is 9.97. The summed E-state index contributed by atoms with van der Waals surface area (Å²) < 4.78 is 0. The van der Waals surface area contributed by atoms with Gasteiger partial charge in [0.2, 0.25) is 0 Å². The van der Waals surface area contributed by atoms with Crippen LogP contribution in [0.1, 0.15) is 22.5 Å². The lowest BCUT2D eigenvalue weighted by molar-refractivity contribution is 0.0913. The average Bonchev–Trinajstić information content (AvgIpc) is 3.15. The molecule has 0 saturated carbocycles. The minimum atomic E-state index is 0.00386. The molecule has 1 aromatic heterocycles. The molecule has 120 valence electrons. The number of rotatable bonds is 3. The van der Waals surface area contributed by atoms with E-state index < -0.39 is 0 Å². The fourth-order valence-corrected chi connectivity index (χ4v) is 4.65. The second-order valence-corrected chi connectivity index (χ2v) is 7.59. The van der Waals surface area contributed by atoms with Crippen molar-refractivity contribution in [1.29, 1.82) is 0 Å². The van der Waals surface area contributed by atoms with E-state index in [-0.39, 0.29) is 17.7 Å². The Morgan fingerprint density at radius 1 is 1.22 bits per heavy atom. The number of phenolic OH excluding ortho intramolecular Hbond substituents is 1. The van der Waals surface area contributed by atoms with E-state index >= 15 is 0 Å². The van der Waals surface area contributed by atoms with E-state index in [0.29, 0.717) is 4.88 Å². The summed E-state index contributed by atoms with van der Waals surface area (Å²) in [7, 11) is 0. The molecule has 3 heterocycles. The van der Waals surface area contributed by atoms with E-state index in [2.05, 4.69) is 10.2 Å². The molecule has 2 aliphatic heterocycles. The number of amides is 1. The lowest BCUT2D eigenvalue weighted by Gasteiger charge is -2.30. The van der Waals surface area contributed by atoms with Gasteiger partial charge in [-0.1, -0.05) is 12.1 Å². The third-order valence-corrected chi connectivity index (χ3v) is 5.92. The van der Waals surface area contributed by atoms with Crippen molar-refractivity contribution in [2.45, 2.75) is 18.9 Å². The molecular weight excluding hydrogens is 308 g/mol. The number of hydrogen-bond donors (Lipinski definition) is 2. The van der Waals surface area contributed by atoms with Crippen molar-refractivity contribution in [2.75, 3.05) is 19.6 Å². The first-order valence-corrected chi connectivity index (χ1v) is 8.92. The summed E-state index contributed by atoms with van der Waals surface area (Å²) in [6.07, 6.45) is 2.36. The van der Waals surface area contributed by atoms with Gasteiger partial charge < -0.3 is 15.3 Å². The summed E-state index contributed by atoms with van der Waals surface area (Å²) in [6, 6.07) is 11.2. The molecule has 2 N–H and O–H groups in total. The number of fused-ring (bicyclic) bond motifs is 2. The normalized spacial score (nSPS) is 26.2. The molecule has 2 aromatic rings. The van der Waals surface area contributed by atoms with Gasteiger partial charge in [-0.3, -0.25) is 4.79 Å². The van der Waals surface area contributed by atoms with Crippen molar-refractivity contribution in [3.8, 4) is 16.2 Å². The Morgan fingerprint density at radius 2 is 2.09 bits per heavy atom. The number of carbonyl (C=O) groups excluding carboxylic acids is 1. The van der Waals surface area contributed by atoms with Crippen molar-refractivity contribution < 1.29 is 9.90 Å². The summed E-state index contributed by atoms with van der Waals surface area (Å²) >= 11 is 1.43. The van der Waals surface area contributed by atoms with Gasteiger partial charge >= 0.3 is 0 Å². The molecule has 2 bridgehead atoms. The second kappa shape index (κ2) is 5.98. The number of nitrogens with one attached hydrogen (secondary N) is 1. The Labute approximate surface area is 139 Å². The molecule has 4 rings (SSSR count). The topological polar surface area (TPSA) is 52.6 Å². The number of nitrogens with zero attached hydrogens (tertiary/aromatic N) is 1. The molecule has 4 nitrogen and oxygen atoms in total. The Kier molecular flexibility index (Phi) is 3.83. The van der Waals surface area contributed by atoms with Crippen LogP contribution in [0.5, 0.6) is 5.75 Å². The summed E-state index contributed by atoms with van der Waals surface area (Å²) in [5.41, 5.74) is 0.776. The fraction of sp³-hybridized carbons (Fsp3) is 0.389. The summed E-state index contributed by atoms with van der Waals surface area (Å²) in [5.74, 6) is 0.997. The van der Waals surface area contributed by atoms with Crippen molar-refractivity contribution in [2.24, 2.45) is 5.92 Å². The van der Waals surface area contributed by atoms with Crippen molar-refractivity contribution in [1.82, 2.24) is 10.2 Å². The van der Waals surface area contributed by atoms with Gasteiger partial charge in [0.1, 0.15) is 5.75 Å². The molecule has 2 fully saturated rings. The molecular formula is C18H20N2O2S. The van der Waals surface area contributed by atoms with Gasteiger partial charge in [0.25, 0.3) is 5.91 Å². The molecule has 3 atom stereocenters. The third kappa shape index (κ3) is 2.99. The van der Waals surface area contributed by atoms with Gasteiger partial charge in [0.05, 0.1) is 4.88 Å². The highest BCUT2D eigenvalue weighted by molar-refractivity contribution is 7.17. The Balaban J connectivity index is 1.46. The molecule has 0 spiro atoms. The van der Waals surface area contributed by atoms with Crippen molar-refractivity contribution in [3.63, 3.8) is 0 Å². The number of para-hydroxylation sites is 1. The van der Waals surface area contributed by atoms with E-state index in [1.165, 1.54) is 30.8 Å². The Bertz CT molecular complexity index is 715. The predicted molar refractivity (Wildman–Crippen MR) is 91.8 cm³/mol. The first-order chi connectivity index (χ1) is 11.2. The maximum absolute atomic E-state index is 12.5. The Hall–Kier alpha value is -1.85. The minimum absolute atomic E-state index is 0.00386. The van der Waals surface area contributed by atoms with Crippen LogP contribution in [0.15, 0.2) is 36.4 Å². The standard InChI is InChI=1S/C18H20N2O2S/c21-15-4-2-1-3-14(15)16-5-6-17(23-16)18(22)19-13-9-12-7-8-20(10-12)11-13/h1-6,12-13,21H,7-11H2,(H,19,22)/t12-,13+/m1/s1. The lowest BCUT2D eigenvalue weighted by Crippen LogP contribution is -2.46. The minimum Gasteiger partial charge on any atom is -0.507 e. The first kappa shape index (κ1) is 14.7. The van der Waals surface area contributed by atoms with E-state index in [4.69, 9.17) is 0 Å². The molecule has 2 saturated heterocycles. The molecule has 0 aliphatic carbocycles. The van der Waals surface area contributed by atoms with Gasteiger partial charge in [0, 0.05) is 29.6 Å². The van der Waals surface area contributed by atoms with Crippen LogP contribution in [0.25, 0.3) is 10.4 Å². The zero-order chi connectivity index (χ0) is 15.8. The van der Waals surface area contributed by atoms with Crippen molar-refractivity contribution >= 4 is 17.2 Å². The molecule has 23 heavy (non-hydrogen) atoms. The van der Waals surface area contributed by atoms with Crippen LogP contribution in [0.3, 0.4) is 0 Å². The van der Waals surface area contributed by atoms with E-state index in [9.17, 15) is 9.90 Å². The number of phenols is 1. The number of hydrogen-bond acceptors (Lipinski definition) is 4. The summed E-state index contributed by atoms with van der Waals surface area (Å²) in [5, 5.41) is 13.1. The number of benzene rings is 1.